The molecule has 7 heteroatoms. The minimum absolute atomic E-state index is 0.0405. The largest absolute Gasteiger partial charge is 0.507 e. The molecule has 1 heterocycles. The molecule has 1 unspecified atom stereocenters. The molecule has 0 saturated carbocycles. The molecule has 1 atom stereocenters. The molecule has 2 aromatic rings. The van der Waals surface area contributed by atoms with Gasteiger partial charge in [0.05, 0.1) is 37.5 Å². The highest BCUT2D eigenvalue weighted by Gasteiger charge is 2.45. The summed E-state index contributed by atoms with van der Waals surface area (Å²) in [6, 6.07) is 11.4. The van der Waals surface area contributed by atoms with Crippen molar-refractivity contribution < 1.29 is 28.9 Å². The number of aliphatic hydroxyl groups excluding tert-OH is 1. The molecule has 2 aromatic carbocycles. The summed E-state index contributed by atoms with van der Waals surface area (Å²) >= 11 is 0. The predicted octanol–water partition coefficient (Wildman–Crippen LogP) is 4.32. The van der Waals surface area contributed by atoms with Gasteiger partial charge in [-0.15, -0.1) is 0 Å². The highest BCUT2D eigenvalue weighted by molar-refractivity contribution is 6.46. The van der Waals surface area contributed by atoms with Crippen LogP contribution in [0.15, 0.2) is 48.0 Å². The smallest absolute Gasteiger partial charge is 0.295 e. The Bertz CT molecular complexity index is 1010. The minimum Gasteiger partial charge on any atom is -0.507 e. The number of methoxy groups -OCH3 is 1. The second-order valence-corrected chi connectivity index (χ2v) is 7.29. The second kappa shape index (κ2) is 10.2. The van der Waals surface area contributed by atoms with E-state index < -0.39 is 17.7 Å². The van der Waals surface area contributed by atoms with Crippen molar-refractivity contribution in [3.8, 4) is 17.2 Å². The molecule has 0 radical (unpaired) electrons. The predicted molar refractivity (Wildman–Crippen MR) is 121 cm³/mol. The summed E-state index contributed by atoms with van der Waals surface area (Å²) in [5, 5.41) is 11.3. The third kappa shape index (κ3) is 4.42. The van der Waals surface area contributed by atoms with Crippen molar-refractivity contribution in [3.63, 3.8) is 0 Å². The van der Waals surface area contributed by atoms with Crippen LogP contribution in [0.4, 0.5) is 0 Å². The van der Waals surface area contributed by atoms with Gasteiger partial charge in [-0.2, -0.15) is 0 Å². The number of carbonyl (C=O) groups is 2. The molecular weight excluding hydrogens is 410 g/mol. The van der Waals surface area contributed by atoms with Crippen LogP contribution in [0.25, 0.3) is 5.76 Å². The van der Waals surface area contributed by atoms with E-state index in [-0.39, 0.29) is 11.3 Å². The van der Waals surface area contributed by atoms with Gasteiger partial charge in [0.25, 0.3) is 11.7 Å². The van der Waals surface area contributed by atoms with Crippen LogP contribution in [0.3, 0.4) is 0 Å². The maximum Gasteiger partial charge on any atom is 0.295 e. The van der Waals surface area contributed by atoms with Crippen LogP contribution in [0.1, 0.15) is 44.4 Å². The standard InChI is InChI=1S/C25H29NO6/c1-5-14-26-22(16-8-10-17(30-4)11-9-16)21(24(28)25(26)29)23(27)19-13-12-18(31-6-2)15-20(19)32-7-3/h8-13,15,22,27H,5-7,14H2,1-4H3/b23-21-. The van der Waals surface area contributed by atoms with Gasteiger partial charge in [-0.3, -0.25) is 9.59 Å². The lowest BCUT2D eigenvalue weighted by Gasteiger charge is -2.25. The Morgan fingerprint density at radius 1 is 0.969 bits per heavy atom. The van der Waals surface area contributed by atoms with Crippen LogP contribution in [0, 0.1) is 0 Å². The molecule has 1 aliphatic heterocycles. The Morgan fingerprint density at radius 2 is 1.62 bits per heavy atom. The maximum absolute atomic E-state index is 13.1. The summed E-state index contributed by atoms with van der Waals surface area (Å²) in [4.78, 5) is 27.4. The first-order chi connectivity index (χ1) is 15.5. The number of hydrogen-bond donors (Lipinski definition) is 1. The summed E-state index contributed by atoms with van der Waals surface area (Å²) in [6.07, 6.45) is 0.674. The van der Waals surface area contributed by atoms with Crippen molar-refractivity contribution in [1.82, 2.24) is 4.90 Å². The lowest BCUT2D eigenvalue weighted by atomic mass is 9.95. The van der Waals surface area contributed by atoms with E-state index in [0.29, 0.717) is 54.6 Å². The van der Waals surface area contributed by atoms with Gasteiger partial charge < -0.3 is 24.2 Å². The van der Waals surface area contributed by atoms with E-state index in [0.717, 1.165) is 0 Å². The highest BCUT2D eigenvalue weighted by atomic mass is 16.5. The van der Waals surface area contributed by atoms with Gasteiger partial charge in [0, 0.05) is 12.6 Å². The van der Waals surface area contributed by atoms with E-state index in [4.69, 9.17) is 14.2 Å². The Morgan fingerprint density at radius 3 is 2.22 bits per heavy atom. The number of amides is 1. The van der Waals surface area contributed by atoms with Crippen molar-refractivity contribution >= 4 is 17.4 Å². The first-order valence-corrected chi connectivity index (χ1v) is 10.8. The zero-order valence-electron chi connectivity index (χ0n) is 18.9. The molecule has 0 aliphatic carbocycles. The number of carbonyl (C=O) groups excluding carboxylic acids is 2. The Labute approximate surface area is 188 Å². The quantitative estimate of drug-likeness (QED) is 0.356. The molecule has 1 N–H and O–H groups in total. The lowest BCUT2D eigenvalue weighted by molar-refractivity contribution is -0.139. The van der Waals surface area contributed by atoms with Crippen molar-refractivity contribution in [2.24, 2.45) is 0 Å². The van der Waals surface area contributed by atoms with Crippen LogP contribution < -0.4 is 14.2 Å². The number of hydrogen-bond acceptors (Lipinski definition) is 6. The van der Waals surface area contributed by atoms with Crippen molar-refractivity contribution in [1.29, 1.82) is 0 Å². The van der Waals surface area contributed by atoms with Gasteiger partial charge >= 0.3 is 0 Å². The van der Waals surface area contributed by atoms with Crippen LogP contribution in [0.5, 0.6) is 17.2 Å². The molecule has 0 aromatic heterocycles. The first-order valence-electron chi connectivity index (χ1n) is 10.8. The lowest BCUT2D eigenvalue weighted by Crippen LogP contribution is -2.30. The van der Waals surface area contributed by atoms with Crippen LogP contribution in [0.2, 0.25) is 0 Å². The van der Waals surface area contributed by atoms with Crippen molar-refractivity contribution in [2.45, 2.75) is 33.2 Å². The number of benzene rings is 2. The molecule has 7 nitrogen and oxygen atoms in total. The van der Waals surface area contributed by atoms with Crippen molar-refractivity contribution in [2.75, 3.05) is 26.9 Å². The van der Waals surface area contributed by atoms with E-state index in [1.54, 1.807) is 49.6 Å². The number of rotatable bonds is 9. The van der Waals surface area contributed by atoms with Gasteiger partial charge in [-0.05, 0) is 50.1 Å². The number of ether oxygens (including phenoxy) is 3. The number of Topliss-reactive ketones (excluding diaryl/α,β-unsaturated/α-hetero) is 1. The second-order valence-electron chi connectivity index (χ2n) is 7.29. The van der Waals surface area contributed by atoms with E-state index in [9.17, 15) is 14.7 Å². The molecule has 1 amide bonds. The van der Waals surface area contributed by atoms with Gasteiger partial charge in [-0.25, -0.2) is 0 Å². The first kappa shape index (κ1) is 23.2. The average Bonchev–Trinajstić information content (AvgIpc) is 3.05. The van der Waals surface area contributed by atoms with Gasteiger partial charge in [0.15, 0.2) is 0 Å². The van der Waals surface area contributed by atoms with Crippen LogP contribution >= 0.6 is 0 Å². The monoisotopic (exact) mass is 439 g/mol. The fraction of sp³-hybridized carbons (Fsp3) is 0.360. The fourth-order valence-electron chi connectivity index (χ4n) is 3.86. The molecule has 0 spiro atoms. The Balaban J connectivity index is 2.18. The van der Waals surface area contributed by atoms with Gasteiger partial charge in [-0.1, -0.05) is 19.1 Å². The minimum atomic E-state index is -0.715. The number of aliphatic hydroxyl groups is 1. The zero-order valence-corrected chi connectivity index (χ0v) is 18.9. The molecular formula is C25H29NO6. The molecule has 0 bridgehead atoms. The summed E-state index contributed by atoms with van der Waals surface area (Å²) in [5.74, 6) is 0.0172. The van der Waals surface area contributed by atoms with E-state index in [2.05, 4.69) is 0 Å². The maximum atomic E-state index is 13.1. The normalized spacial score (nSPS) is 17.5. The molecule has 1 fully saturated rings. The Hall–Kier alpha value is -3.48. The average molecular weight is 440 g/mol. The third-order valence-corrected chi connectivity index (χ3v) is 5.26. The summed E-state index contributed by atoms with van der Waals surface area (Å²) in [5.41, 5.74) is 1.09. The van der Waals surface area contributed by atoms with Gasteiger partial charge in [0.2, 0.25) is 0 Å². The third-order valence-electron chi connectivity index (χ3n) is 5.26. The molecule has 3 rings (SSSR count). The summed E-state index contributed by atoms with van der Waals surface area (Å²) in [6.45, 7) is 6.87. The topological polar surface area (TPSA) is 85.3 Å². The zero-order chi connectivity index (χ0) is 23.3. The molecule has 32 heavy (non-hydrogen) atoms. The number of likely N-dealkylation sites (tertiary alicyclic amines) is 1. The molecule has 1 aliphatic rings. The molecule has 1 saturated heterocycles. The summed E-state index contributed by atoms with van der Waals surface area (Å²) < 4.78 is 16.5. The number of nitrogens with zero attached hydrogens (tertiary/aromatic N) is 1. The van der Waals surface area contributed by atoms with E-state index in [1.165, 1.54) is 4.90 Å². The van der Waals surface area contributed by atoms with E-state index >= 15 is 0 Å². The van der Waals surface area contributed by atoms with Crippen molar-refractivity contribution in [3.05, 3.63) is 59.2 Å². The Kier molecular flexibility index (Phi) is 7.41. The highest BCUT2D eigenvalue weighted by Crippen LogP contribution is 2.42. The summed E-state index contributed by atoms with van der Waals surface area (Å²) in [7, 11) is 1.57. The van der Waals surface area contributed by atoms with Gasteiger partial charge in [0.1, 0.15) is 23.0 Å². The molecule has 170 valence electrons. The van der Waals surface area contributed by atoms with E-state index in [1.807, 2.05) is 20.8 Å². The van der Waals surface area contributed by atoms with Crippen LogP contribution in [-0.2, 0) is 9.59 Å². The van der Waals surface area contributed by atoms with Crippen LogP contribution in [-0.4, -0.2) is 48.6 Å². The SMILES string of the molecule is CCCN1C(=O)C(=O)/C(=C(\O)c2ccc(OCC)cc2OCC)C1c1ccc(OC)cc1. The number of ketones is 1. The fourth-order valence-corrected chi connectivity index (χ4v) is 3.86.